The Balaban J connectivity index is 2.78. The van der Waals surface area contributed by atoms with Crippen molar-refractivity contribution in [1.29, 1.82) is 0 Å². The minimum atomic E-state index is -0.791. The topological polar surface area (TPSA) is 116 Å². The Morgan fingerprint density at radius 2 is 1.81 bits per heavy atom. The van der Waals surface area contributed by atoms with Crippen LogP contribution in [0.15, 0.2) is 6.07 Å². The molecule has 0 aliphatic heterocycles. The van der Waals surface area contributed by atoms with Crippen molar-refractivity contribution < 1.29 is 14.7 Å². The van der Waals surface area contributed by atoms with Crippen LogP contribution in [0.1, 0.15) is 18.9 Å². The lowest BCUT2D eigenvalue weighted by Gasteiger charge is -2.18. The Labute approximate surface area is 200 Å². The third kappa shape index (κ3) is 8.64. The van der Waals surface area contributed by atoms with Crippen molar-refractivity contribution >= 4 is 85.3 Å². The number of rotatable bonds is 12. The number of amides is 1. The minimum Gasteiger partial charge on any atom is -0.481 e. The third-order valence-electron chi connectivity index (χ3n) is 3.91. The van der Waals surface area contributed by atoms with Gasteiger partial charge in [0.15, 0.2) is 0 Å². The fraction of sp³-hybridized carbons (Fsp3) is 0.529. The van der Waals surface area contributed by atoms with E-state index in [-0.39, 0.29) is 12.5 Å². The lowest BCUT2D eigenvalue weighted by atomic mass is 9.97. The zero-order valence-electron chi connectivity index (χ0n) is 15.1. The van der Waals surface area contributed by atoms with Crippen LogP contribution in [0.2, 0.25) is 0 Å². The van der Waals surface area contributed by atoms with Crippen LogP contribution in [-0.2, 0) is 16.0 Å². The zero-order chi connectivity index (χ0) is 20.4. The molecule has 10 heteroatoms. The second-order valence-electron chi connectivity index (χ2n) is 5.92. The molecule has 152 valence electrons. The van der Waals surface area contributed by atoms with Crippen molar-refractivity contribution in [3.05, 3.63) is 22.3 Å². The maximum atomic E-state index is 12.3. The van der Waals surface area contributed by atoms with Crippen LogP contribution in [0.5, 0.6) is 0 Å². The maximum Gasteiger partial charge on any atom is 0.306 e. The summed E-state index contributed by atoms with van der Waals surface area (Å²) in [6, 6.07) is 1.98. The number of carboxylic acid groups (broad SMARTS) is 1. The number of carbonyl (C=O) groups is 2. The van der Waals surface area contributed by atoms with Crippen molar-refractivity contribution in [1.82, 2.24) is 10.6 Å². The molecule has 27 heavy (non-hydrogen) atoms. The SMILES string of the molecule is CCC(Cc1c(I)cc(I)c(NC(=O)CNCCNCCN)c1I)C(=O)O. The van der Waals surface area contributed by atoms with Crippen LogP contribution in [0, 0.1) is 16.6 Å². The van der Waals surface area contributed by atoms with Crippen LogP contribution in [-0.4, -0.2) is 49.7 Å². The van der Waals surface area contributed by atoms with E-state index in [0.29, 0.717) is 25.9 Å². The average molecular weight is 714 g/mol. The molecular weight excluding hydrogens is 689 g/mol. The van der Waals surface area contributed by atoms with Gasteiger partial charge in [-0.25, -0.2) is 0 Å². The van der Waals surface area contributed by atoms with Gasteiger partial charge < -0.3 is 26.8 Å². The van der Waals surface area contributed by atoms with E-state index in [1.54, 1.807) is 0 Å². The van der Waals surface area contributed by atoms with Crippen molar-refractivity contribution in [3.63, 3.8) is 0 Å². The molecular formula is C17H25I3N4O3. The van der Waals surface area contributed by atoms with E-state index in [1.165, 1.54) is 0 Å². The van der Waals surface area contributed by atoms with Gasteiger partial charge >= 0.3 is 5.97 Å². The first-order chi connectivity index (χ1) is 12.8. The van der Waals surface area contributed by atoms with Gasteiger partial charge in [0, 0.05) is 36.9 Å². The standard InChI is InChI=1S/C17H25I3N4O3/c1-2-10(17(26)27)7-11-12(18)8-13(19)16(15(11)20)24-14(25)9-23-6-5-22-4-3-21/h8,10,22-23H,2-7,9,21H2,1H3,(H,24,25)(H,26,27). The first-order valence-electron chi connectivity index (χ1n) is 8.62. The molecule has 1 rings (SSSR count). The molecule has 0 saturated heterocycles. The first-order valence-corrected chi connectivity index (χ1v) is 11.9. The molecule has 1 aromatic carbocycles. The molecule has 1 aromatic rings. The Morgan fingerprint density at radius 1 is 1.15 bits per heavy atom. The van der Waals surface area contributed by atoms with Crippen molar-refractivity contribution in [2.24, 2.45) is 11.7 Å². The molecule has 6 N–H and O–H groups in total. The molecule has 0 saturated carbocycles. The number of nitrogens with one attached hydrogen (secondary N) is 3. The van der Waals surface area contributed by atoms with Gasteiger partial charge in [-0.2, -0.15) is 0 Å². The number of hydrogen-bond acceptors (Lipinski definition) is 5. The summed E-state index contributed by atoms with van der Waals surface area (Å²) >= 11 is 6.62. The largest absolute Gasteiger partial charge is 0.481 e. The van der Waals surface area contributed by atoms with Gasteiger partial charge in [0.25, 0.3) is 0 Å². The number of benzene rings is 1. The Kier molecular flexibility index (Phi) is 12.6. The highest BCUT2D eigenvalue weighted by Gasteiger charge is 2.22. The van der Waals surface area contributed by atoms with Gasteiger partial charge in [-0.15, -0.1) is 0 Å². The number of carboxylic acids is 1. The molecule has 0 heterocycles. The van der Waals surface area contributed by atoms with Crippen molar-refractivity contribution in [3.8, 4) is 0 Å². The smallest absolute Gasteiger partial charge is 0.306 e. The Hall–Kier alpha value is 0.230. The summed E-state index contributed by atoms with van der Waals surface area (Å²) in [7, 11) is 0. The maximum absolute atomic E-state index is 12.3. The van der Waals surface area contributed by atoms with Crippen molar-refractivity contribution in [2.75, 3.05) is 38.0 Å². The van der Waals surface area contributed by atoms with E-state index in [2.05, 4.69) is 83.7 Å². The molecule has 0 bridgehead atoms. The van der Waals surface area contributed by atoms with E-state index >= 15 is 0 Å². The van der Waals surface area contributed by atoms with Gasteiger partial charge in [-0.3, -0.25) is 9.59 Å². The van der Waals surface area contributed by atoms with Crippen LogP contribution in [0.25, 0.3) is 0 Å². The van der Waals surface area contributed by atoms with E-state index < -0.39 is 11.9 Å². The van der Waals surface area contributed by atoms with E-state index in [9.17, 15) is 14.7 Å². The van der Waals surface area contributed by atoms with Gasteiger partial charge in [-0.1, -0.05) is 6.92 Å². The highest BCUT2D eigenvalue weighted by atomic mass is 127. The second-order valence-corrected chi connectivity index (χ2v) is 9.32. The molecule has 0 spiro atoms. The molecule has 0 aliphatic rings. The molecule has 1 atom stereocenters. The normalized spacial score (nSPS) is 12.0. The summed E-state index contributed by atoms with van der Waals surface area (Å²) in [6.45, 7) is 4.86. The molecule has 0 radical (unpaired) electrons. The van der Waals surface area contributed by atoms with E-state index in [1.807, 2.05) is 13.0 Å². The molecule has 0 aromatic heterocycles. The van der Waals surface area contributed by atoms with E-state index in [4.69, 9.17) is 5.73 Å². The van der Waals surface area contributed by atoms with Gasteiger partial charge in [0.1, 0.15) is 0 Å². The number of carbonyl (C=O) groups excluding carboxylic acids is 1. The average Bonchev–Trinajstić information content (AvgIpc) is 2.61. The molecule has 0 fully saturated rings. The lowest BCUT2D eigenvalue weighted by molar-refractivity contribution is -0.141. The molecule has 1 unspecified atom stereocenters. The fourth-order valence-electron chi connectivity index (χ4n) is 2.37. The second kappa shape index (κ2) is 13.5. The highest BCUT2D eigenvalue weighted by molar-refractivity contribution is 14.1. The van der Waals surface area contributed by atoms with Crippen LogP contribution < -0.4 is 21.7 Å². The number of anilines is 1. The zero-order valence-corrected chi connectivity index (χ0v) is 21.6. The predicted molar refractivity (Wildman–Crippen MR) is 133 cm³/mol. The summed E-state index contributed by atoms with van der Waals surface area (Å²) in [6.07, 6.45) is 1.02. The van der Waals surface area contributed by atoms with E-state index in [0.717, 1.165) is 35.1 Å². The molecule has 7 nitrogen and oxygen atoms in total. The third-order valence-corrected chi connectivity index (χ3v) is 6.91. The first kappa shape index (κ1) is 25.3. The lowest BCUT2D eigenvalue weighted by Crippen LogP contribution is -2.35. The summed E-state index contributed by atoms with van der Waals surface area (Å²) < 4.78 is 2.86. The van der Waals surface area contributed by atoms with Crippen molar-refractivity contribution in [2.45, 2.75) is 19.8 Å². The summed E-state index contributed by atoms with van der Waals surface area (Å²) in [5.41, 5.74) is 7.12. The van der Waals surface area contributed by atoms with Crippen LogP contribution >= 0.6 is 67.8 Å². The number of hydrogen-bond donors (Lipinski definition) is 5. The van der Waals surface area contributed by atoms with Crippen LogP contribution in [0.3, 0.4) is 0 Å². The fourth-order valence-corrected chi connectivity index (χ4v) is 6.46. The summed E-state index contributed by atoms with van der Waals surface area (Å²) in [4.78, 5) is 23.7. The summed E-state index contributed by atoms with van der Waals surface area (Å²) in [5, 5.41) is 18.6. The summed E-state index contributed by atoms with van der Waals surface area (Å²) in [5.74, 6) is -1.35. The molecule has 1 amide bonds. The Bertz CT molecular complexity index is 659. The van der Waals surface area contributed by atoms with Crippen LogP contribution in [0.4, 0.5) is 5.69 Å². The quantitative estimate of drug-likeness (QED) is 0.168. The van der Waals surface area contributed by atoms with Gasteiger partial charge in [0.2, 0.25) is 5.91 Å². The number of halogens is 3. The highest BCUT2D eigenvalue weighted by Crippen LogP contribution is 2.33. The minimum absolute atomic E-state index is 0.123. The Morgan fingerprint density at radius 3 is 2.41 bits per heavy atom. The predicted octanol–water partition coefficient (Wildman–Crippen LogP) is 2.23. The monoisotopic (exact) mass is 714 g/mol. The van der Waals surface area contributed by atoms with Gasteiger partial charge in [-0.05, 0) is 92.2 Å². The van der Waals surface area contributed by atoms with Gasteiger partial charge in [0.05, 0.1) is 18.2 Å². The number of nitrogens with two attached hydrogens (primary N) is 1. The molecule has 0 aliphatic carbocycles. The number of aliphatic carboxylic acids is 1.